The average Bonchev–Trinajstić information content (AvgIpc) is 2.52. The lowest BCUT2D eigenvalue weighted by Gasteiger charge is -2.08. The highest BCUT2D eigenvalue weighted by molar-refractivity contribution is 5.81. The summed E-state index contributed by atoms with van der Waals surface area (Å²) in [6.07, 6.45) is 2.95. The maximum atomic E-state index is 4.40. The van der Waals surface area contributed by atoms with Gasteiger partial charge in [0.1, 0.15) is 0 Å². The number of nitrogens with one attached hydrogen (secondary N) is 1. The third kappa shape index (κ3) is 3.47. The van der Waals surface area contributed by atoms with Crippen LogP contribution < -0.4 is 5.32 Å². The van der Waals surface area contributed by atoms with Gasteiger partial charge in [-0.15, -0.1) is 0 Å². The SMILES string of the molecule is Cc1cccc(CCNCc2ccnc3ccccc23)c1. The maximum absolute atomic E-state index is 4.40. The predicted octanol–water partition coefficient (Wildman–Crippen LogP) is 3.88. The van der Waals surface area contributed by atoms with Crippen molar-refractivity contribution in [3.05, 3.63) is 77.5 Å². The van der Waals surface area contributed by atoms with Crippen molar-refractivity contribution in [3.8, 4) is 0 Å². The van der Waals surface area contributed by atoms with Crippen LogP contribution in [-0.4, -0.2) is 11.5 Å². The standard InChI is InChI=1S/C19H20N2/c1-15-5-4-6-16(13-15)9-11-20-14-17-10-12-21-19-8-3-2-7-18(17)19/h2-8,10,12-13,20H,9,11,14H2,1H3. The highest BCUT2D eigenvalue weighted by atomic mass is 14.8. The van der Waals surface area contributed by atoms with Gasteiger partial charge in [-0.25, -0.2) is 0 Å². The molecule has 0 spiro atoms. The van der Waals surface area contributed by atoms with Gasteiger partial charge in [-0.3, -0.25) is 4.98 Å². The molecular formula is C19H20N2. The highest BCUT2D eigenvalue weighted by Gasteiger charge is 2.00. The van der Waals surface area contributed by atoms with Crippen molar-refractivity contribution in [1.29, 1.82) is 0 Å². The average molecular weight is 276 g/mol. The van der Waals surface area contributed by atoms with Crippen molar-refractivity contribution >= 4 is 10.9 Å². The van der Waals surface area contributed by atoms with E-state index in [4.69, 9.17) is 0 Å². The summed E-state index contributed by atoms with van der Waals surface area (Å²) in [6.45, 7) is 4.01. The van der Waals surface area contributed by atoms with E-state index in [1.807, 2.05) is 12.3 Å². The third-order valence-electron chi connectivity index (χ3n) is 3.73. The third-order valence-corrected chi connectivity index (χ3v) is 3.73. The lowest BCUT2D eigenvalue weighted by Crippen LogP contribution is -2.17. The smallest absolute Gasteiger partial charge is 0.0705 e. The molecule has 0 aliphatic heterocycles. The lowest BCUT2D eigenvalue weighted by atomic mass is 10.1. The van der Waals surface area contributed by atoms with Gasteiger partial charge >= 0.3 is 0 Å². The van der Waals surface area contributed by atoms with Crippen LogP contribution in [0.1, 0.15) is 16.7 Å². The second-order valence-electron chi connectivity index (χ2n) is 5.40. The monoisotopic (exact) mass is 276 g/mol. The van der Waals surface area contributed by atoms with Gasteiger partial charge in [-0.2, -0.15) is 0 Å². The molecule has 0 aliphatic carbocycles. The Morgan fingerprint density at radius 2 is 1.90 bits per heavy atom. The number of rotatable bonds is 5. The molecule has 0 fully saturated rings. The second-order valence-corrected chi connectivity index (χ2v) is 5.40. The number of hydrogen-bond donors (Lipinski definition) is 1. The van der Waals surface area contributed by atoms with Crippen LogP contribution >= 0.6 is 0 Å². The first-order valence-corrected chi connectivity index (χ1v) is 7.42. The van der Waals surface area contributed by atoms with Crippen molar-refractivity contribution in [1.82, 2.24) is 10.3 Å². The summed E-state index contributed by atoms with van der Waals surface area (Å²) in [5.41, 5.74) is 5.09. The molecule has 0 atom stereocenters. The molecule has 2 aromatic carbocycles. The molecular weight excluding hydrogens is 256 g/mol. The first-order valence-electron chi connectivity index (χ1n) is 7.42. The summed E-state index contributed by atoms with van der Waals surface area (Å²) < 4.78 is 0. The molecule has 2 nitrogen and oxygen atoms in total. The van der Waals surface area contributed by atoms with E-state index in [1.54, 1.807) is 0 Å². The topological polar surface area (TPSA) is 24.9 Å². The maximum Gasteiger partial charge on any atom is 0.0705 e. The number of fused-ring (bicyclic) bond motifs is 1. The fraction of sp³-hybridized carbons (Fsp3) is 0.211. The van der Waals surface area contributed by atoms with E-state index in [9.17, 15) is 0 Å². The molecule has 21 heavy (non-hydrogen) atoms. The molecule has 1 heterocycles. The van der Waals surface area contributed by atoms with E-state index < -0.39 is 0 Å². The van der Waals surface area contributed by atoms with Crippen LogP contribution in [0.5, 0.6) is 0 Å². The molecule has 106 valence electrons. The zero-order valence-corrected chi connectivity index (χ0v) is 12.3. The summed E-state index contributed by atoms with van der Waals surface area (Å²) in [7, 11) is 0. The molecule has 3 aromatic rings. The van der Waals surface area contributed by atoms with Crippen LogP contribution in [0.25, 0.3) is 10.9 Å². The van der Waals surface area contributed by atoms with E-state index >= 15 is 0 Å². The molecule has 1 N–H and O–H groups in total. The van der Waals surface area contributed by atoms with Crippen LogP contribution in [0.2, 0.25) is 0 Å². The van der Waals surface area contributed by atoms with Gasteiger partial charge in [-0.05, 0) is 43.1 Å². The highest BCUT2D eigenvalue weighted by Crippen LogP contribution is 2.15. The van der Waals surface area contributed by atoms with Crippen LogP contribution in [0.3, 0.4) is 0 Å². The first kappa shape index (κ1) is 13.8. The van der Waals surface area contributed by atoms with Gasteiger partial charge in [0.2, 0.25) is 0 Å². The van der Waals surface area contributed by atoms with Gasteiger partial charge in [-0.1, -0.05) is 48.0 Å². The van der Waals surface area contributed by atoms with Gasteiger partial charge in [0, 0.05) is 18.1 Å². The Morgan fingerprint density at radius 3 is 2.81 bits per heavy atom. The summed E-state index contributed by atoms with van der Waals surface area (Å²) in [5, 5.41) is 4.77. The molecule has 0 unspecified atom stereocenters. The summed E-state index contributed by atoms with van der Waals surface area (Å²) in [4.78, 5) is 4.40. The van der Waals surface area contributed by atoms with Gasteiger partial charge in [0.25, 0.3) is 0 Å². The number of para-hydroxylation sites is 1. The molecule has 0 saturated heterocycles. The van der Waals surface area contributed by atoms with E-state index in [0.29, 0.717) is 0 Å². The molecule has 0 aliphatic rings. The second kappa shape index (κ2) is 6.51. The van der Waals surface area contributed by atoms with Crippen molar-refractivity contribution in [2.24, 2.45) is 0 Å². The fourth-order valence-corrected chi connectivity index (χ4v) is 2.63. The number of nitrogens with zero attached hydrogens (tertiary/aromatic N) is 1. The van der Waals surface area contributed by atoms with E-state index in [0.717, 1.165) is 25.0 Å². The zero-order valence-electron chi connectivity index (χ0n) is 12.3. The van der Waals surface area contributed by atoms with Crippen molar-refractivity contribution < 1.29 is 0 Å². The Labute approximate surface area is 125 Å². The Kier molecular flexibility index (Phi) is 4.27. The Bertz CT molecular complexity index is 729. The fourth-order valence-electron chi connectivity index (χ4n) is 2.63. The molecule has 0 amide bonds. The van der Waals surface area contributed by atoms with Gasteiger partial charge in [0.05, 0.1) is 5.52 Å². The van der Waals surface area contributed by atoms with Crippen molar-refractivity contribution in [3.63, 3.8) is 0 Å². The van der Waals surface area contributed by atoms with E-state index in [1.165, 1.54) is 22.1 Å². The summed E-state index contributed by atoms with van der Waals surface area (Å²) in [6, 6.07) is 19.1. The molecule has 0 bridgehead atoms. The van der Waals surface area contributed by atoms with Crippen LogP contribution in [0.15, 0.2) is 60.8 Å². The quantitative estimate of drug-likeness (QED) is 0.715. The predicted molar refractivity (Wildman–Crippen MR) is 88.3 cm³/mol. The minimum absolute atomic E-state index is 0.884. The summed E-state index contributed by atoms with van der Waals surface area (Å²) >= 11 is 0. The molecule has 3 rings (SSSR count). The minimum Gasteiger partial charge on any atom is -0.312 e. The Balaban J connectivity index is 1.60. The normalized spacial score (nSPS) is 10.9. The molecule has 0 saturated carbocycles. The summed E-state index contributed by atoms with van der Waals surface area (Å²) in [5.74, 6) is 0. The number of aryl methyl sites for hydroxylation is 1. The van der Waals surface area contributed by atoms with Crippen LogP contribution in [0, 0.1) is 6.92 Å². The van der Waals surface area contributed by atoms with Crippen LogP contribution in [-0.2, 0) is 13.0 Å². The zero-order chi connectivity index (χ0) is 14.5. The first-order chi connectivity index (χ1) is 10.3. The van der Waals surface area contributed by atoms with E-state index in [2.05, 4.69) is 65.8 Å². The lowest BCUT2D eigenvalue weighted by molar-refractivity contribution is 0.689. The molecule has 0 radical (unpaired) electrons. The largest absolute Gasteiger partial charge is 0.312 e. The van der Waals surface area contributed by atoms with Gasteiger partial charge in [0.15, 0.2) is 0 Å². The Morgan fingerprint density at radius 1 is 1.00 bits per heavy atom. The van der Waals surface area contributed by atoms with Crippen molar-refractivity contribution in [2.45, 2.75) is 19.9 Å². The van der Waals surface area contributed by atoms with E-state index in [-0.39, 0.29) is 0 Å². The number of aromatic nitrogens is 1. The number of pyridine rings is 1. The Hall–Kier alpha value is -2.19. The van der Waals surface area contributed by atoms with Crippen molar-refractivity contribution in [2.75, 3.05) is 6.54 Å². The molecule has 1 aromatic heterocycles. The van der Waals surface area contributed by atoms with Crippen LogP contribution in [0.4, 0.5) is 0 Å². The molecule has 2 heteroatoms. The minimum atomic E-state index is 0.884. The number of hydrogen-bond acceptors (Lipinski definition) is 2. The van der Waals surface area contributed by atoms with Gasteiger partial charge < -0.3 is 5.32 Å². The number of benzene rings is 2.